The minimum absolute atomic E-state index is 0.0978. The van der Waals surface area contributed by atoms with E-state index in [-0.39, 0.29) is 5.92 Å². The van der Waals surface area contributed by atoms with Crippen LogP contribution in [0.2, 0.25) is 0 Å². The van der Waals surface area contributed by atoms with Crippen LogP contribution in [0.4, 0.5) is 0 Å². The zero-order chi connectivity index (χ0) is 11.7. The SMILES string of the molecule is CC(C)C1CCCC(N2CC(C(=O)O)C2)C1. The molecule has 2 atom stereocenters. The van der Waals surface area contributed by atoms with Crippen molar-refractivity contribution in [2.75, 3.05) is 13.1 Å². The van der Waals surface area contributed by atoms with Gasteiger partial charge in [0.25, 0.3) is 0 Å². The Morgan fingerprint density at radius 1 is 1.31 bits per heavy atom. The molecular weight excluding hydrogens is 202 g/mol. The van der Waals surface area contributed by atoms with E-state index >= 15 is 0 Å². The summed E-state index contributed by atoms with van der Waals surface area (Å²) in [6, 6.07) is 0.664. The van der Waals surface area contributed by atoms with Crippen LogP contribution in [-0.2, 0) is 4.79 Å². The van der Waals surface area contributed by atoms with Crippen molar-refractivity contribution in [3.05, 3.63) is 0 Å². The third-order valence-electron chi connectivity index (χ3n) is 4.41. The van der Waals surface area contributed by atoms with Crippen LogP contribution in [0.15, 0.2) is 0 Å². The Morgan fingerprint density at radius 2 is 2.00 bits per heavy atom. The number of carbonyl (C=O) groups is 1. The van der Waals surface area contributed by atoms with E-state index in [0.717, 1.165) is 24.9 Å². The van der Waals surface area contributed by atoms with Gasteiger partial charge in [0.1, 0.15) is 0 Å². The summed E-state index contributed by atoms with van der Waals surface area (Å²) in [6.07, 6.45) is 5.24. The van der Waals surface area contributed by atoms with Crippen LogP contribution >= 0.6 is 0 Å². The lowest BCUT2D eigenvalue weighted by Gasteiger charge is -2.46. The average Bonchev–Trinajstić information content (AvgIpc) is 2.15. The fourth-order valence-electron chi connectivity index (χ4n) is 3.10. The first kappa shape index (κ1) is 11.9. The summed E-state index contributed by atoms with van der Waals surface area (Å²) >= 11 is 0. The van der Waals surface area contributed by atoms with Gasteiger partial charge < -0.3 is 5.11 Å². The van der Waals surface area contributed by atoms with Gasteiger partial charge in [0, 0.05) is 19.1 Å². The Balaban J connectivity index is 1.81. The monoisotopic (exact) mass is 225 g/mol. The first-order valence-corrected chi connectivity index (χ1v) is 6.54. The summed E-state index contributed by atoms with van der Waals surface area (Å²) < 4.78 is 0. The molecule has 0 bridgehead atoms. The third-order valence-corrected chi connectivity index (χ3v) is 4.41. The molecular formula is C13H23NO2. The van der Waals surface area contributed by atoms with E-state index in [0.29, 0.717) is 6.04 Å². The van der Waals surface area contributed by atoms with Crippen molar-refractivity contribution in [3.63, 3.8) is 0 Å². The van der Waals surface area contributed by atoms with Crippen molar-refractivity contribution >= 4 is 5.97 Å². The fourth-order valence-corrected chi connectivity index (χ4v) is 3.10. The number of hydrogen-bond acceptors (Lipinski definition) is 2. The standard InChI is InChI=1S/C13H23NO2/c1-9(2)10-4-3-5-12(6-10)14-7-11(8-14)13(15)16/h9-12H,3-8H2,1-2H3,(H,15,16). The van der Waals surface area contributed by atoms with Gasteiger partial charge in [-0.05, 0) is 24.7 Å². The average molecular weight is 225 g/mol. The number of aliphatic carboxylic acids is 1. The Bertz CT molecular complexity index is 259. The number of likely N-dealkylation sites (tertiary alicyclic amines) is 1. The van der Waals surface area contributed by atoms with E-state index in [1.54, 1.807) is 0 Å². The molecule has 1 N–H and O–H groups in total. The molecule has 2 fully saturated rings. The predicted octanol–water partition coefficient (Wildman–Crippen LogP) is 2.22. The predicted molar refractivity (Wildman–Crippen MR) is 63.3 cm³/mol. The lowest BCUT2D eigenvalue weighted by Crippen LogP contribution is -2.55. The Morgan fingerprint density at radius 3 is 2.56 bits per heavy atom. The van der Waals surface area contributed by atoms with Gasteiger partial charge in [-0.1, -0.05) is 26.7 Å². The highest BCUT2D eigenvalue weighted by molar-refractivity contribution is 5.71. The van der Waals surface area contributed by atoms with Crippen molar-refractivity contribution in [1.82, 2.24) is 4.90 Å². The maximum atomic E-state index is 10.8. The summed E-state index contributed by atoms with van der Waals surface area (Å²) in [5, 5.41) is 8.86. The van der Waals surface area contributed by atoms with E-state index in [4.69, 9.17) is 5.11 Å². The number of rotatable bonds is 3. The van der Waals surface area contributed by atoms with Crippen LogP contribution in [0.1, 0.15) is 39.5 Å². The van der Waals surface area contributed by atoms with E-state index < -0.39 is 5.97 Å². The zero-order valence-corrected chi connectivity index (χ0v) is 10.4. The quantitative estimate of drug-likeness (QED) is 0.800. The lowest BCUT2D eigenvalue weighted by atomic mass is 9.77. The molecule has 2 unspecified atom stereocenters. The number of carboxylic acid groups (broad SMARTS) is 1. The molecule has 1 heterocycles. The van der Waals surface area contributed by atoms with Gasteiger partial charge in [-0.3, -0.25) is 9.69 Å². The van der Waals surface area contributed by atoms with Crippen molar-refractivity contribution < 1.29 is 9.90 Å². The second-order valence-electron chi connectivity index (χ2n) is 5.81. The second-order valence-corrected chi connectivity index (χ2v) is 5.81. The highest BCUT2D eigenvalue weighted by atomic mass is 16.4. The fraction of sp³-hybridized carbons (Fsp3) is 0.923. The number of nitrogens with zero attached hydrogens (tertiary/aromatic N) is 1. The molecule has 1 saturated heterocycles. The van der Waals surface area contributed by atoms with Crippen molar-refractivity contribution in [2.24, 2.45) is 17.8 Å². The van der Waals surface area contributed by atoms with Gasteiger partial charge in [0.2, 0.25) is 0 Å². The van der Waals surface area contributed by atoms with Gasteiger partial charge in [-0.15, -0.1) is 0 Å². The Kier molecular flexibility index (Phi) is 3.53. The topological polar surface area (TPSA) is 40.5 Å². The molecule has 1 aliphatic carbocycles. The summed E-state index contributed by atoms with van der Waals surface area (Å²) in [5.41, 5.74) is 0. The molecule has 0 spiro atoms. The molecule has 0 aromatic rings. The maximum Gasteiger partial charge on any atom is 0.309 e. The number of carboxylic acids is 1. The normalized spacial score (nSPS) is 32.7. The van der Waals surface area contributed by atoms with Gasteiger partial charge in [-0.2, -0.15) is 0 Å². The van der Waals surface area contributed by atoms with Crippen LogP contribution in [0.25, 0.3) is 0 Å². The molecule has 16 heavy (non-hydrogen) atoms. The van der Waals surface area contributed by atoms with E-state index in [9.17, 15) is 4.79 Å². The summed E-state index contributed by atoms with van der Waals surface area (Å²) in [6.45, 7) is 6.18. The van der Waals surface area contributed by atoms with E-state index in [1.165, 1.54) is 25.7 Å². The summed E-state index contributed by atoms with van der Waals surface area (Å²) in [4.78, 5) is 13.1. The van der Waals surface area contributed by atoms with Gasteiger partial charge in [-0.25, -0.2) is 0 Å². The zero-order valence-electron chi connectivity index (χ0n) is 10.4. The smallest absolute Gasteiger partial charge is 0.309 e. The van der Waals surface area contributed by atoms with Crippen LogP contribution < -0.4 is 0 Å². The molecule has 92 valence electrons. The van der Waals surface area contributed by atoms with Crippen LogP contribution in [0, 0.1) is 17.8 Å². The highest BCUT2D eigenvalue weighted by Crippen LogP contribution is 2.35. The molecule has 2 aliphatic rings. The summed E-state index contributed by atoms with van der Waals surface area (Å²) in [5.74, 6) is 0.911. The molecule has 2 rings (SSSR count). The van der Waals surface area contributed by atoms with Gasteiger partial charge >= 0.3 is 5.97 Å². The lowest BCUT2D eigenvalue weighted by molar-refractivity contribution is -0.149. The first-order valence-electron chi connectivity index (χ1n) is 6.54. The van der Waals surface area contributed by atoms with Crippen LogP contribution in [0.5, 0.6) is 0 Å². The van der Waals surface area contributed by atoms with Gasteiger partial charge in [0.15, 0.2) is 0 Å². The van der Waals surface area contributed by atoms with Gasteiger partial charge in [0.05, 0.1) is 5.92 Å². The largest absolute Gasteiger partial charge is 0.481 e. The molecule has 3 nitrogen and oxygen atoms in total. The van der Waals surface area contributed by atoms with Crippen molar-refractivity contribution in [2.45, 2.75) is 45.6 Å². The Labute approximate surface area is 97.8 Å². The Hall–Kier alpha value is -0.570. The second kappa shape index (κ2) is 4.74. The first-order chi connectivity index (χ1) is 7.58. The molecule has 0 amide bonds. The molecule has 0 radical (unpaired) electrons. The van der Waals surface area contributed by atoms with Crippen molar-refractivity contribution in [1.29, 1.82) is 0 Å². The minimum Gasteiger partial charge on any atom is -0.481 e. The van der Waals surface area contributed by atoms with E-state index in [2.05, 4.69) is 18.7 Å². The molecule has 1 saturated carbocycles. The molecule has 3 heteroatoms. The van der Waals surface area contributed by atoms with Crippen LogP contribution in [0.3, 0.4) is 0 Å². The third kappa shape index (κ3) is 2.40. The molecule has 1 aliphatic heterocycles. The van der Waals surface area contributed by atoms with Crippen molar-refractivity contribution in [3.8, 4) is 0 Å². The summed E-state index contributed by atoms with van der Waals surface area (Å²) in [7, 11) is 0. The maximum absolute atomic E-state index is 10.8. The number of hydrogen-bond donors (Lipinski definition) is 1. The minimum atomic E-state index is -0.618. The van der Waals surface area contributed by atoms with Crippen LogP contribution in [-0.4, -0.2) is 35.1 Å². The van der Waals surface area contributed by atoms with E-state index in [1.807, 2.05) is 0 Å². The molecule has 0 aromatic carbocycles. The molecule has 0 aromatic heterocycles. The highest BCUT2D eigenvalue weighted by Gasteiger charge is 2.38.